The van der Waals surface area contributed by atoms with E-state index in [0.717, 1.165) is 56.9 Å². The summed E-state index contributed by atoms with van der Waals surface area (Å²) in [6.45, 7) is 5.95. The Kier molecular flexibility index (Phi) is 5.41. The molecule has 6 heteroatoms. The Morgan fingerprint density at radius 2 is 1.91 bits per heavy atom. The Balaban J connectivity index is 1.54. The first kappa shape index (κ1) is 15.9. The molecule has 2 heterocycles. The van der Waals surface area contributed by atoms with Crippen molar-refractivity contribution in [1.82, 2.24) is 14.8 Å². The molecule has 0 amide bonds. The summed E-state index contributed by atoms with van der Waals surface area (Å²) in [4.78, 5) is 9.22. The van der Waals surface area contributed by atoms with Gasteiger partial charge in [0, 0.05) is 31.6 Å². The molecule has 0 aliphatic carbocycles. The third kappa shape index (κ3) is 4.26. The van der Waals surface area contributed by atoms with Crippen LogP contribution in [0.25, 0.3) is 0 Å². The molecule has 0 N–H and O–H groups in total. The highest BCUT2D eigenvalue weighted by atomic mass is 35.5. The zero-order valence-corrected chi connectivity index (χ0v) is 13.9. The standard InChI is InChI=1S/C16H19ClFN3S/c17-15-8-13(2-3-16(15)18)9-20-4-1-5-21(7-6-20)10-14-11-22-12-19-14/h2-3,8,11-12H,1,4-7,9-10H2. The van der Waals surface area contributed by atoms with Crippen molar-refractivity contribution in [1.29, 1.82) is 0 Å². The highest BCUT2D eigenvalue weighted by Crippen LogP contribution is 2.18. The molecule has 0 bridgehead atoms. The molecule has 0 saturated carbocycles. The third-order valence-electron chi connectivity index (χ3n) is 3.94. The molecular weight excluding hydrogens is 321 g/mol. The molecule has 0 spiro atoms. The number of halogens is 2. The summed E-state index contributed by atoms with van der Waals surface area (Å²) in [5, 5.41) is 2.32. The van der Waals surface area contributed by atoms with Crippen LogP contribution >= 0.6 is 22.9 Å². The van der Waals surface area contributed by atoms with E-state index in [1.807, 2.05) is 11.6 Å². The molecular formula is C16H19ClFN3S. The number of hydrogen-bond acceptors (Lipinski definition) is 4. The molecule has 3 nitrogen and oxygen atoms in total. The number of rotatable bonds is 4. The van der Waals surface area contributed by atoms with Crippen LogP contribution in [-0.2, 0) is 13.1 Å². The van der Waals surface area contributed by atoms with Gasteiger partial charge in [-0.15, -0.1) is 11.3 Å². The minimum absolute atomic E-state index is 0.206. The van der Waals surface area contributed by atoms with E-state index in [9.17, 15) is 4.39 Å². The van der Waals surface area contributed by atoms with Gasteiger partial charge < -0.3 is 0 Å². The number of benzene rings is 1. The molecule has 1 aromatic carbocycles. The van der Waals surface area contributed by atoms with E-state index >= 15 is 0 Å². The fourth-order valence-corrected chi connectivity index (χ4v) is 3.53. The second-order valence-corrected chi connectivity index (χ2v) is 6.76. The lowest BCUT2D eigenvalue weighted by Gasteiger charge is -2.21. The van der Waals surface area contributed by atoms with Gasteiger partial charge in [-0.1, -0.05) is 17.7 Å². The van der Waals surface area contributed by atoms with E-state index in [1.54, 1.807) is 17.4 Å². The van der Waals surface area contributed by atoms with Crippen LogP contribution in [0.1, 0.15) is 17.7 Å². The fourth-order valence-electron chi connectivity index (χ4n) is 2.78. The predicted molar refractivity (Wildman–Crippen MR) is 88.7 cm³/mol. The first-order valence-electron chi connectivity index (χ1n) is 7.46. The Bertz CT molecular complexity index is 605. The Labute approximate surface area is 139 Å². The molecule has 1 aliphatic heterocycles. The molecule has 22 heavy (non-hydrogen) atoms. The van der Waals surface area contributed by atoms with Gasteiger partial charge in [0.05, 0.1) is 16.2 Å². The highest BCUT2D eigenvalue weighted by Gasteiger charge is 2.16. The maximum Gasteiger partial charge on any atom is 0.141 e. The summed E-state index contributed by atoms with van der Waals surface area (Å²) < 4.78 is 13.2. The van der Waals surface area contributed by atoms with Crippen LogP contribution in [0.4, 0.5) is 4.39 Å². The van der Waals surface area contributed by atoms with Crippen molar-refractivity contribution < 1.29 is 4.39 Å². The van der Waals surface area contributed by atoms with Gasteiger partial charge in [-0.3, -0.25) is 9.80 Å². The number of thiazole rings is 1. The molecule has 1 aliphatic rings. The summed E-state index contributed by atoms with van der Waals surface area (Å²) >= 11 is 7.51. The van der Waals surface area contributed by atoms with Crippen molar-refractivity contribution in [3.8, 4) is 0 Å². The zero-order valence-electron chi connectivity index (χ0n) is 12.3. The largest absolute Gasteiger partial charge is 0.298 e. The molecule has 0 unspecified atom stereocenters. The average molecular weight is 340 g/mol. The van der Waals surface area contributed by atoms with Crippen molar-refractivity contribution in [2.45, 2.75) is 19.5 Å². The van der Waals surface area contributed by atoms with Gasteiger partial charge in [0.1, 0.15) is 5.82 Å². The lowest BCUT2D eigenvalue weighted by Crippen LogP contribution is -2.30. The Hall–Kier alpha value is -1.01. The van der Waals surface area contributed by atoms with Gasteiger partial charge in [0.15, 0.2) is 0 Å². The molecule has 0 atom stereocenters. The lowest BCUT2D eigenvalue weighted by atomic mass is 10.2. The SMILES string of the molecule is Fc1ccc(CN2CCCN(Cc3cscn3)CC2)cc1Cl. The van der Waals surface area contributed by atoms with Crippen LogP contribution in [0.2, 0.25) is 5.02 Å². The van der Waals surface area contributed by atoms with E-state index < -0.39 is 0 Å². The van der Waals surface area contributed by atoms with Crippen LogP contribution in [0.3, 0.4) is 0 Å². The smallest absolute Gasteiger partial charge is 0.141 e. The monoisotopic (exact) mass is 339 g/mol. The van der Waals surface area contributed by atoms with E-state index in [1.165, 1.54) is 6.07 Å². The molecule has 1 aromatic heterocycles. The molecule has 1 saturated heterocycles. The molecule has 2 aromatic rings. The highest BCUT2D eigenvalue weighted by molar-refractivity contribution is 7.07. The van der Waals surface area contributed by atoms with E-state index in [2.05, 4.69) is 20.2 Å². The van der Waals surface area contributed by atoms with Crippen LogP contribution in [0.5, 0.6) is 0 Å². The summed E-state index contributed by atoms with van der Waals surface area (Å²) in [6, 6.07) is 5.00. The molecule has 118 valence electrons. The van der Waals surface area contributed by atoms with Crippen molar-refractivity contribution in [3.63, 3.8) is 0 Å². The van der Waals surface area contributed by atoms with Gasteiger partial charge in [0.25, 0.3) is 0 Å². The average Bonchev–Trinajstić information content (AvgIpc) is 2.91. The summed E-state index contributed by atoms with van der Waals surface area (Å²) in [7, 11) is 0. The first-order valence-corrected chi connectivity index (χ1v) is 8.78. The topological polar surface area (TPSA) is 19.4 Å². The maximum atomic E-state index is 13.2. The fraction of sp³-hybridized carbons (Fsp3) is 0.438. The first-order chi connectivity index (χ1) is 10.7. The van der Waals surface area contributed by atoms with Gasteiger partial charge in [-0.2, -0.15) is 0 Å². The van der Waals surface area contributed by atoms with Gasteiger partial charge in [-0.05, 0) is 37.2 Å². The van der Waals surface area contributed by atoms with E-state index in [0.29, 0.717) is 0 Å². The van der Waals surface area contributed by atoms with Crippen molar-refractivity contribution >= 4 is 22.9 Å². The quantitative estimate of drug-likeness (QED) is 0.847. The Morgan fingerprint density at radius 3 is 2.59 bits per heavy atom. The third-order valence-corrected chi connectivity index (χ3v) is 4.87. The minimum Gasteiger partial charge on any atom is -0.298 e. The van der Waals surface area contributed by atoms with E-state index in [4.69, 9.17) is 11.6 Å². The maximum absolute atomic E-state index is 13.2. The summed E-state index contributed by atoms with van der Waals surface area (Å²) in [5.41, 5.74) is 4.11. The number of hydrogen-bond donors (Lipinski definition) is 0. The summed E-state index contributed by atoms with van der Waals surface area (Å²) in [5.74, 6) is -0.351. The van der Waals surface area contributed by atoms with Gasteiger partial charge >= 0.3 is 0 Å². The predicted octanol–water partition coefficient (Wildman–Crippen LogP) is 3.64. The molecule has 1 fully saturated rings. The van der Waals surface area contributed by atoms with Gasteiger partial charge in [0.2, 0.25) is 0 Å². The second kappa shape index (κ2) is 7.51. The van der Waals surface area contributed by atoms with Crippen LogP contribution in [0, 0.1) is 5.82 Å². The van der Waals surface area contributed by atoms with Crippen molar-refractivity contribution in [2.75, 3.05) is 26.2 Å². The minimum atomic E-state index is -0.351. The lowest BCUT2D eigenvalue weighted by molar-refractivity contribution is 0.246. The van der Waals surface area contributed by atoms with Crippen molar-refractivity contribution in [2.24, 2.45) is 0 Å². The zero-order chi connectivity index (χ0) is 15.4. The van der Waals surface area contributed by atoms with Crippen LogP contribution in [-0.4, -0.2) is 41.0 Å². The summed E-state index contributed by atoms with van der Waals surface area (Å²) in [6.07, 6.45) is 1.14. The second-order valence-electron chi connectivity index (χ2n) is 5.63. The number of aromatic nitrogens is 1. The van der Waals surface area contributed by atoms with Crippen LogP contribution < -0.4 is 0 Å². The Morgan fingerprint density at radius 1 is 1.14 bits per heavy atom. The van der Waals surface area contributed by atoms with Crippen LogP contribution in [0.15, 0.2) is 29.1 Å². The van der Waals surface area contributed by atoms with Gasteiger partial charge in [-0.25, -0.2) is 9.37 Å². The van der Waals surface area contributed by atoms with E-state index in [-0.39, 0.29) is 10.8 Å². The normalized spacial score (nSPS) is 17.5. The number of nitrogens with zero attached hydrogens (tertiary/aromatic N) is 3. The molecule has 3 rings (SSSR count). The molecule has 0 radical (unpaired) electrons. The van der Waals surface area contributed by atoms with Crippen molar-refractivity contribution in [3.05, 3.63) is 51.2 Å².